The maximum atomic E-state index is 4.58. The second-order valence-electron chi connectivity index (χ2n) is 4.72. The molecule has 0 N–H and O–H groups in total. The molecule has 0 saturated heterocycles. The molecule has 3 aromatic rings. The van der Waals surface area contributed by atoms with E-state index in [2.05, 4.69) is 54.0 Å². The largest absolute Gasteiger partial charge is 0.255 e. The van der Waals surface area contributed by atoms with Crippen molar-refractivity contribution in [2.75, 3.05) is 0 Å². The Morgan fingerprint density at radius 2 is 1.70 bits per heavy atom. The molecular weight excluding hydrogens is 262 g/mol. The van der Waals surface area contributed by atoms with Crippen LogP contribution in [0, 0.1) is 0 Å². The first-order valence-corrected chi connectivity index (χ1v) is 7.34. The zero-order valence-corrected chi connectivity index (χ0v) is 12.2. The number of fused-ring (bicyclic) bond motifs is 1. The summed E-state index contributed by atoms with van der Waals surface area (Å²) < 4.78 is 0. The number of rotatable bonds is 3. The molecule has 0 aliphatic carbocycles. The van der Waals surface area contributed by atoms with Gasteiger partial charge >= 0.3 is 0 Å². The molecule has 1 heterocycles. The van der Waals surface area contributed by atoms with E-state index in [9.17, 15) is 0 Å². The molecule has 2 aromatic carbocycles. The van der Waals surface area contributed by atoms with Crippen molar-refractivity contribution < 1.29 is 0 Å². The Morgan fingerprint density at radius 1 is 1.00 bits per heavy atom. The first kappa shape index (κ1) is 12.9. The molecule has 0 fully saturated rings. The molecule has 1 aromatic heterocycles. The predicted octanol–water partition coefficient (Wildman–Crippen LogP) is 5.42. The number of aromatic nitrogens is 1. The highest BCUT2D eigenvalue weighted by Gasteiger charge is 2.11. The van der Waals surface area contributed by atoms with Crippen molar-refractivity contribution in [3.63, 3.8) is 0 Å². The summed E-state index contributed by atoms with van der Waals surface area (Å²) >= 11 is 1.75. The van der Waals surface area contributed by atoms with Gasteiger partial charge in [0.05, 0.1) is 5.69 Å². The van der Waals surface area contributed by atoms with Gasteiger partial charge in [0, 0.05) is 21.4 Å². The summed E-state index contributed by atoms with van der Waals surface area (Å²) in [4.78, 5) is 6.98. The van der Waals surface area contributed by atoms with E-state index in [-0.39, 0.29) is 0 Å². The third-order valence-electron chi connectivity index (χ3n) is 3.12. The minimum atomic E-state index is 0.984. The maximum absolute atomic E-state index is 4.58. The number of hydrogen-bond acceptors (Lipinski definition) is 2. The lowest BCUT2D eigenvalue weighted by Gasteiger charge is -2.11. The zero-order chi connectivity index (χ0) is 13.9. The molecule has 3 rings (SSSR count). The van der Waals surface area contributed by atoms with E-state index in [1.165, 1.54) is 15.2 Å². The lowest BCUT2D eigenvalue weighted by atomic mass is 10.1. The number of pyridine rings is 1. The second-order valence-corrected chi connectivity index (χ2v) is 5.80. The maximum Gasteiger partial charge on any atom is 0.0798 e. The van der Waals surface area contributed by atoms with E-state index in [1.807, 2.05) is 25.3 Å². The zero-order valence-electron chi connectivity index (χ0n) is 11.3. The Hall–Kier alpha value is -2.06. The van der Waals surface area contributed by atoms with Crippen LogP contribution in [0.4, 0.5) is 0 Å². The van der Waals surface area contributed by atoms with Crippen LogP contribution >= 0.6 is 11.8 Å². The van der Waals surface area contributed by atoms with E-state index < -0.39 is 0 Å². The van der Waals surface area contributed by atoms with Gasteiger partial charge in [0.2, 0.25) is 0 Å². The molecule has 2 heteroatoms. The summed E-state index contributed by atoms with van der Waals surface area (Å²) in [6.45, 7) is 6.06. The minimum absolute atomic E-state index is 0.984. The lowest BCUT2D eigenvalue weighted by Crippen LogP contribution is -1.91. The summed E-state index contributed by atoms with van der Waals surface area (Å²) in [6, 6.07) is 18.7. The number of hydrogen-bond donors (Lipinski definition) is 0. The first-order valence-electron chi connectivity index (χ1n) is 6.52. The van der Waals surface area contributed by atoms with E-state index in [0.717, 1.165) is 16.7 Å². The van der Waals surface area contributed by atoms with Gasteiger partial charge < -0.3 is 0 Å². The molecule has 0 atom stereocenters. The molecule has 0 amide bonds. The van der Waals surface area contributed by atoms with Gasteiger partial charge in [-0.05, 0) is 30.0 Å². The van der Waals surface area contributed by atoms with Crippen LogP contribution in [0.3, 0.4) is 0 Å². The van der Waals surface area contributed by atoms with E-state index in [4.69, 9.17) is 0 Å². The molecule has 0 aliphatic rings. The van der Waals surface area contributed by atoms with Crippen LogP contribution < -0.4 is 0 Å². The third kappa shape index (κ3) is 2.47. The molecule has 0 unspecified atom stereocenters. The van der Waals surface area contributed by atoms with Crippen LogP contribution in [0.1, 0.15) is 12.6 Å². The second kappa shape index (κ2) is 5.51. The van der Waals surface area contributed by atoms with Crippen molar-refractivity contribution in [3.8, 4) is 0 Å². The van der Waals surface area contributed by atoms with Crippen LogP contribution in [-0.2, 0) is 0 Å². The quantitative estimate of drug-likeness (QED) is 0.634. The Kier molecular flexibility index (Phi) is 3.57. The highest BCUT2D eigenvalue weighted by atomic mass is 32.2. The first-order chi connectivity index (χ1) is 9.75. The number of allylic oxidation sites excluding steroid dienone is 1. The van der Waals surface area contributed by atoms with Gasteiger partial charge in [-0.2, -0.15) is 0 Å². The molecule has 1 nitrogen and oxygen atoms in total. The van der Waals surface area contributed by atoms with Crippen molar-refractivity contribution in [1.29, 1.82) is 0 Å². The van der Waals surface area contributed by atoms with Gasteiger partial charge in [-0.25, -0.2) is 0 Å². The molecule has 0 aliphatic heterocycles. The van der Waals surface area contributed by atoms with Crippen LogP contribution in [0.25, 0.3) is 16.3 Å². The molecular formula is C18H15NS. The highest BCUT2D eigenvalue weighted by molar-refractivity contribution is 7.99. The van der Waals surface area contributed by atoms with Gasteiger partial charge in [0.25, 0.3) is 0 Å². The van der Waals surface area contributed by atoms with Gasteiger partial charge in [0.15, 0.2) is 0 Å². The molecule has 0 bridgehead atoms. The minimum Gasteiger partial charge on any atom is -0.255 e. The van der Waals surface area contributed by atoms with Crippen LogP contribution in [0.2, 0.25) is 0 Å². The third-order valence-corrected chi connectivity index (χ3v) is 4.25. The standard InChI is InChI=1S/C18H15NS/c1-13(2)17-18(20-15-9-4-3-5-10-15)16-11-7-6-8-14(16)12-19-17/h3-12H,1H2,2H3. The Morgan fingerprint density at radius 3 is 2.45 bits per heavy atom. The van der Waals surface area contributed by atoms with Crippen molar-refractivity contribution in [2.45, 2.75) is 16.7 Å². The van der Waals surface area contributed by atoms with Crippen molar-refractivity contribution in [2.24, 2.45) is 0 Å². The normalized spacial score (nSPS) is 10.7. The molecule has 0 spiro atoms. The molecule has 0 saturated carbocycles. The fourth-order valence-corrected chi connectivity index (χ4v) is 3.30. The molecule has 20 heavy (non-hydrogen) atoms. The summed E-state index contributed by atoms with van der Waals surface area (Å²) in [7, 11) is 0. The molecule has 0 radical (unpaired) electrons. The van der Waals surface area contributed by atoms with Crippen LogP contribution in [0.5, 0.6) is 0 Å². The Balaban J connectivity index is 2.20. The van der Waals surface area contributed by atoms with Gasteiger partial charge in [-0.15, -0.1) is 0 Å². The Bertz CT molecular complexity index is 763. The van der Waals surface area contributed by atoms with Gasteiger partial charge in [-0.1, -0.05) is 60.8 Å². The monoisotopic (exact) mass is 277 g/mol. The summed E-state index contributed by atoms with van der Waals surface area (Å²) in [5.74, 6) is 0. The van der Waals surface area contributed by atoms with Crippen LogP contribution in [-0.4, -0.2) is 4.98 Å². The molecule has 98 valence electrons. The summed E-state index contributed by atoms with van der Waals surface area (Å²) in [6.07, 6.45) is 1.92. The highest BCUT2D eigenvalue weighted by Crippen LogP contribution is 2.37. The predicted molar refractivity (Wildman–Crippen MR) is 87.0 cm³/mol. The van der Waals surface area contributed by atoms with Gasteiger partial charge in [0.1, 0.15) is 0 Å². The van der Waals surface area contributed by atoms with Crippen molar-refractivity contribution in [3.05, 3.63) is 73.1 Å². The van der Waals surface area contributed by atoms with Gasteiger partial charge in [-0.3, -0.25) is 4.98 Å². The average molecular weight is 277 g/mol. The van der Waals surface area contributed by atoms with E-state index in [0.29, 0.717) is 0 Å². The van der Waals surface area contributed by atoms with E-state index in [1.54, 1.807) is 11.8 Å². The fourth-order valence-electron chi connectivity index (χ4n) is 2.15. The fraction of sp³-hybridized carbons (Fsp3) is 0.0556. The van der Waals surface area contributed by atoms with Crippen molar-refractivity contribution >= 4 is 28.1 Å². The Labute approximate surface area is 123 Å². The number of nitrogens with zero attached hydrogens (tertiary/aromatic N) is 1. The van der Waals surface area contributed by atoms with Crippen LogP contribution in [0.15, 0.2) is 77.2 Å². The number of benzene rings is 2. The smallest absolute Gasteiger partial charge is 0.0798 e. The average Bonchev–Trinajstić information content (AvgIpc) is 2.48. The lowest BCUT2D eigenvalue weighted by molar-refractivity contribution is 1.22. The van der Waals surface area contributed by atoms with Crippen molar-refractivity contribution in [1.82, 2.24) is 4.98 Å². The topological polar surface area (TPSA) is 12.9 Å². The summed E-state index contributed by atoms with van der Waals surface area (Å²) in [5.41, 5.74) is 1.98. The van der Waals surface area contributed by atoms with E-state index >= 15 is 0 Å². The summed E-state index contributed by atoms with van der Waals surface area (Å²) in [5, 5.41) is 2.39. The SMILES string of the molecule is C=C(C)c1ncc2ccccc2c1Sc1ccccc1.